The second-order valence-corrected chi connectivity index (χ2v) is 17.1. The fraction of sp³-hybridized carbons (Fsp3) is 0.880. The number of carbonyl (C=O) groups excluding carboxylic acids is 3. The van der Waals surface area contributed by atoms with Gasteiger partial charge in [0.1, 0.15) is 0 Å². The first kappa shape index (κ1) is 25.8. The van der Waals surface area contributed by atoms with E-state index in [1.165, 1.54) is 0 Å². The Labute approximate surface area is 199 Å². The van der Waals surface area contributed by atoms with Crippen molar-refractivity contribution in [1.82, 2.24) is 0 Å². The van der Waals surface area contributed by atoms with Crippen molar-refractivity contribution < 1.29 is 23.6 Å². The van der Waals surface area contributed by atoms with Crippen molar-refractivity contribution in [2.45, 2.75) is 121 Å². The molecule has 0 heterocycles. The molecule has 0 aromatic rings. The van der Waals surface area contributed by atoms with Crippen LogP contribution in [0.1, 0.15) is 116 Å². The van der Waals surface area contributed by atoms with E-state index in [1.54, 1.807) is 0 Å². The molecule has 0 atom stereocenters. The molecule has 3 aliphatic rings. The Morgan fingerprint density at radius 2 is 0.906 bits per heavy atom. The van der Waals surface area contributed by atoms with Crippen LogP contribution in [0.15, 0.2) is 0 Å². The number of unbranched alkanes of at least 4 members (excludes halogenated alkanes) is 1. The molecule has 32 heavy (non-hydrogen) atoms. The fourth-order valence-electron chi connectivity index (χ4n) is 5.33. The molecule has 3 rings (SSSR count). The molecule has 0 spiro atoms. The Balaban J connectivity index is 1.78. The summed E-state index contributed by atoms with van der Waals surface area (Å²) in [5, 5.41) is 0. The molecule has 182 valence electrons. The van der Waals surface area contributed by atoms with E-state index in [-0.39, 0.29) is 35.7 Å². The second kappa shape index (κ2) is 13.2. The van der Waals surface area contributed by atoms with Crippen molar-refractivity contribution in [3.05, 3.63) is 0 Å². The van der Waals surface area contributed by atoms with E-state index in [4.69, 9.17) is 9.22 Å². The van der Waals surface area contributed by atoms with Crippen molar-refractivity contribution in [2.75, 3.05) is 0 Å². The van der Waals surface area contributed by atoms with Crippen LogP contribution in [0.4, 0.5) is 0 Å². The standard InChI is InChI=1S/3C7H12O2.C4H9.Sn/c3*8-7(9)6-4-2-1-3-5-6;1-3-4-2;/h3*6H,1-5H2,(H,8,9);1,3-4H2,2H3;/q;;;;+3/p-3. The van der Waals surface area contributed by atoms with Crippen LogP contribution in [0, 0.1) is 17.8 Å². The third kappa shape index (κ3) is 7.63. The molecular formula is C25H42O6Sn. The molecule has 6 nitrogen and oxygen atoms in total. The Kier molecular flexibility index (Phi) is 10.6. The Morgan fingerprint density at radius 3 is 1.19 bits per heavy atom. The van der Waals surface area contributed by atoms with Gasteiger partial charge in [-0.05, 0) is 0 Å². The molecular weight excluding hydrogens is 515 g/mol. The molecule has 3 fully saturated rings. The van der Waals surface area contributed by atoms with Crippen LogP contribution in [0.25, 0.3) is 0 Å². The first-order valence-corrected chi connectivity index (χ1v) is 18.7. The van der Waals surface area contributed by atoms with Gasteiger partial charge in [0.25, 0.3) is 0 Å². The average Bonchev–Trinajstić information content (AvgIpc) is 2.84. The van der Waals surface area contributed by atoms with Gasteiger partial charge in [0.15, 0.2) is 0 Å². The first-order chi connectivity index (χ1) is 15.5. The van der Waals surface area contributed by atoms with Crippen LogP contribution in [-0.2, 0) is 23.6 Å². The van der Waals surface area contributed by atoms with E-state index >= 15 is 0 Å². The van der Waals surface area contributed by atoms with Crippen LogP contribution in [0.5, 0.6) is 0 Å². The molecule has 3 saturated carbocycles. The molecule has 0 aliphatic heterocycles. The zero-order valence-corrected chi connectivity index (χ0v) is 22.8. The van der Waals surface area contributed by atoms with Crippen LogP contribution in [0.2, 0.25) is 4.44 Å². The molecule has 0 aromatic carbocycles. The number of carbonyl (C=O) groups is 3. The SMILES string of the molecule is CCC[CH2][Sn]([O]C(=O)C1CCCCC1)([O]C(=O)C1CCCCC1)[O]C(=O)C1CCCCC1. The molecule has 0 N–H and O–H groups in total. The monoisotopic (exact) mass is 558 g/mol. The summed E-state index contributed by atoms with van der Waals surface area (Å²) >= 11 is -4.77. The first-order valence-electron chi connectivity index (χ1n) is 13.2. The minimum atomic E-state index is -4.77. The van der Waals surface area contributed by atoms with Gasteiger partial charge < -0.3 is 0 Å². The summed E-state index contributed by atoms with van der Waals surface area (Å²) in [7, 11) is 0. The molecule has 7 heteroatoms. The van der Waals surface area contributed by atoms with Gasteiger partial charge in [-0.1, -0.05) is 0 Å². The Morgan fingerprint density at radius 1 is 0.594 bits per heavy atom. The van der Waals surface area contributed by atoms with E-state index in [0.717, 1.165) is 109 Å². The summed E-state index contributed by atoms with van der Waals surface area (Å²) < 4.78 is 18.7. The predicted molar refractivity (Wildman–Crippen MR) is 123 cm³/mol. The summed E-state index contributed by atoms with van der Waals surface area (Å²) in [6, 6.07) is 0. The maximum atomic E-state index is 13.1. The van der Waals surface area contributed by atoms with Crippen LogP contribution < -0.4 is 0 Å². The van der Waals surface area contributed by atoms with Gasteiger partial charge in [0.05, 0.1) is 0 Å². The van der Waals surface area contributed by atoms with Crippen molar-refractivity contribution >= 4 is 37.5 Å². The van der Waals surface area contributed by atoms with Gasteiger partial charge in [0, 0.05) is 0 Å². The average molecular weight is 557 g/mol. The zero-order chi connectivity index (χ0) is 22.8. The minimum absolute atomic E-state index is 0.164. The molecule has 0 radical (unpaired) electrons. The van der Waals surface area contributed by atoms with Gasteiger partial charge in [-0.15, -0.1) is 0 Å². The topological polar surface area (TPSA) is 78.9 Å². The summed E-state index contributed by atoms with van der Waals surface area (Å²) in [6.07, 6.45) is 15.9. The van der Waals surface area contributed by atoms with Gasteiger partial charge in [-0.3, -0.25) is 0 Å². The second-order valence-electron chi connectivity index (χ2n) is 10.1. The quantitative estimate of drug-likeness (QED) is 0.319. The maximum absolute atomic E-state index is 13.1. The predicted octanol–water partition coefficient (Wildman–Crippen LogP) is 6.10. The molecule has 0 amide bonds. The third-order valence-corrected chi connectivity index (χ3v) is 14.6. The molecule has 3 aliphatic carbocycles. The van der Waals surface area contributed by atoms with E-state index in [2.05, 4.69) is 0 Å². The van der Waals surface area contributed by atoms with Crippen molar-refractivity contribution in [1.29, 1.82) is 0 Å². The van der Waals surface area contributed by atoms with E-state index in [9.17, 15) is 14.4 Å². The van der Waals surface area contributed by atoms with Crippen molar-refractivity contribution in [2.24, 2.45) is 17.8 Å². The van der Waals surface area contributed by atoms with Crippen LogP contribution in [-0.4, -0.2) is 37.5 Å². The summed E-state index contributed by atoms with van der Waals surface area (Å²) in [5.74, 6) is -1.40. The van der Waals surface area contributed by atoms with Gasteiger partial charge in [-0.2, -0.15) is 0 Å². The molecule has 0 saturated heterocycles. The Hall–Kier alpha value is -0.791. The summed E-state index contributed by atoms with van der Waals surface area (Å²) in [4.78, 5) is 39.4. The third-order valence-electron chi connectivity index (χ3n) is 7.42. The zero-order valence-electron chi connectivity index (χ0n) is 19.9. The van der Waals surface area contributed by atoms with Gasteiger partial charge in [0.2, 0.25) is 0 Å². The normalized spacial score (nSPS) is 21.7. The van der Waals surface area contributed by atoms with Crippen LogP contribution in [0.3, 0.4) is 0 Å². The van der Waals surface area contributed by atoms with E-state index < -0.39 is 19.6 Å². The van der Waals surface area contributed by atoms with Crippen molar-refractivity contribution in [3.63, 3.8) is 0 Å². The molecule has 0 aromatic heterocycles. The summed E-state index contributed by atoms with van der Waals surface area (Å²) in [6.45, 7) is 2.05. The number of hydrogen-bond acceptors (Lipinski definition) is 6. The number of rotatable bonds is 9. The van der Waals surface area contributed by atoms with Crippen LogP contribution >= 0.6 is 0 Å². The Bertz CT molecular complexity index is 539. The molecule has 0 bridgehead atoms. The van der Waals surface area contributed by atoms with Gasteiger partial charge >= 0.3 is 199 Å². The van der Waals surface area contributed by atoms with E-state index in [0.29, 0.717) is 4.44 Å². The summed E-state index contributed by atoms with van der Waals surface area (Å²) in [5.41, 5.74) is 0. The molecule has 0 unspecified atom stereocenters. The fourth-order valence-corrected chi connectivity index (χ4v) is 12.9. The van der Waals surface area contributed by atoms with Gasteiger partial charge in [-0.25, -0.2) is 0 Å². The number of hydrogen-bond donors (Lipinski definition) is 0. The van der Waals surface area contributed by atoms with Crippen molar-refractivity contribution in [3.8, 4) is 0 Å². The van der Waals surface area contributed by atoms with E-state index in [1.807, 2.05) is 6.92 Å².